The second-order valence-corrected chi connectivity index (χ2v) is 15.5. The molecule has 52 heavy (non-hydrogen) atoms. The van der Waals surface area contributed by atoms with Crippen molar-refractivity contribution in [2.75, 3.05) is 22.1 Å². The van der Waals surface area contributed by atoms with Crippen LogP contribution < -0.4 is 10.6 Å². The zero-order valence-electron chi connectivity index (χ0n) is 27.5. The van der Waals surface area contributed by atoms with E-state index in [2.05, 4.69) is 20.6 Å². The maximum absolute atomic E-state index is 12.9. The van der Waals surface area contributed by atoms with Crippen LogP contribution in [0.15, 0.2) is 93.6 Å². The maximum Gasteiger partial charge on any atom is 0.416 e. The number of hydrogen-bond donors (Lipinski definition) is 2. The molecule has 16 heteroatoms. The molecule has 0 fully saturated rings. The quantitative estimate of drug-likeness (QED) is 0.106. The molecular weight excluding hydrogens is 763 g/mol. The zero-order chi connectivity index (χ0) is 37.5. The predicted molar refractivity (Wildman–Crippen MR) is 200 cm³/mol. The minimum Gasteiger partial charge on any atom is -0.323 e. The first-order valence-corrected chi connectivity index (χ1v) is 19.4. The summed E-state index contributed by atoms with van der Waals surface area (Å²) in [4.78, 5) is 35.1. The predicted octanol–water partition coefficient (Wildman–Crippen LogP) is 11.2. The molecule has 6 rings (SSSR count). The van der Waals surface area contributed by atoms with Gasteiger partial charge < -0.3 is 10.6 Å². The van der Waals surface area contributed by atoms with Crippen LogP contribution in [0.5, 0.6) is 0 Å². The van der Waals surface area contributed by atoms with Gasteiger partial charge in [0.25, 0.3) is 0 Å². The van der Waals surface area contributed by atoms with Gasteiger partial charge in [-0.05, 0) is 70.8 Å². The topological polar surface area (TPSA) is 84.0 Å². The number of pyridine rings is 2. The molecule has 6 aromatic rings. The Labute approximate surface area is 311 Å². The molecule has 0 spiro atoms. The van der Waals surface area contributed by atoms with Crippen molar-refractivity contribution in [2.45, 2.75) is 49.1 Å². The smallest absolute Gasteiger partial charge is 0.323 e. The number of amides is 2. The number of halogens is 6. The lowest BCUT2D eigenvalue weighted by atomic mass is 10.1. The van der Waals surface area contributed by atoms with Crippen molar-refractivity contribution in [3.8, 4) is 0 Å². The summed E-state index contributed by atoms with van der Waals surface area (Å²) < 4.78 is 77.4. The number of alkyl halides is 6. The van der Waals surface area contributed by atoms with Crippen molar-refractivity contribution in [1.29, 1.82) is 0 Å². The number of aromatic nitrogens is 2. The molecule has 2 N–H and O–H groups in total. The summed E-state index contributed by atoms with van der Waals surface area (Å²) in [6.07, 6.45) is -8.33. The number of rotatable bonds is 10. The Hall–Kier alpha value is -4.12. The van der Waals surface area contributed by atoms with E-state index in [-0.39, 0.29) is 35.7 Å². The highest BCUT2D eigenvalue weighted by Gasteiger charge is 2.31. The third-order valence-corrected chi connectivity index (χ3v) is 10.7. The Morgan fingerprint density at radius 3 is 1.37 bits per heavy atom. The monoisotopic (exact) mass is 792 g/mol. The van der Waals surface area contributed by atoms with Gasteiger partial charge in [-0.15, -0.1) is 46.2 Å². The fraction of sp³-hybridized carbons (Fsp3) is 0.222. The average Bonchev–Trinajstić information content (AvgIpc) is 3.79. The van der Waals surface area contributed by atoms with Gasteiger partial charge in [0, 0.05) is 20.5 Å². The van der Waals surface area contributed by atoms with Crippen molar-refractivity contribution in [2.24, 2.45) is 0 Å². The summed E-state index contributed by atoms with van der Waals surface area (Å²) >= 11 is 5.74. The molecule has 0 saturated heterocycles. The second kappa shape index (κ2) is 17.1. The van der Waals surface area contributed by atoms with E-state index in [0.29, 0.717) is 43.7 Å². The Kier molecular flexibility index (Phi) is 12.9. The van der Waals surface area contributed by atoms with Crippen molar-refractivity contribution in [3.05, 3.63) is 104 Å². The van der Waals surface area contributed by atoms with E-state index in [1.54, 1.807) is 12.1 Å². The largest absolute Gasteiger partial charge is 0.416 e. The highest BCUT2D eigenvalue weighted by Crippen LogP contribution is 2.36. The molecular formula is C36H30F6N4O2S4. The normalized spacial score (nSPS) is 11.7. The van der Waals surface area contributed by atoms with Crippen molar-refractivity contribution < 1.29 is 35.9 Å². The number of thiophene rings is 2. The van der Waals surface area contributed by atoms with E-state index in [0.717, 1.165) is 34.0 Å². The molecule has 0 aliphatic heterocycles. The Morgan fingerprint density at radius 2 is 1.04 bits per heavy atom. The van der Waals surface area contributed by atoms with Crippen molar-refractivity contribution >= 4 is 91.2 Å². The van der Waals surface area contributed by atoms with Crippen LogP contribution in [-0.2, 0) is 34.8 Å². The third kappa shape index (κ3) is 10.5. The van der Waals surface area contributed by atoms with E-state index < -0.39 is 23.5 Å². The fourth-order valence-corrected chi connectivity index (χ4v) is 7.67. The molecule has 0 atom stereocenters. The summed E-state index contributed by atoms with van der Waals surface area (Å²) in [5, 5.41) is 11.6. The van der Waals surface area contributed by atoms with E-state index in [9.17, 15) is 35.9 Å². The number of fused-ring (bicyclic) bond motifs is 2. The molecule has 0 aliphatic carbocycles. The van der Waals surface area contributed by atoms with Crippen LogP contribution in [0.4, 0.5) is 37.7 Å². The number of nitrogens with zero attached hydrogens (tertiary/aromatic N) is 2. The molecule has 0 aliphatic rings. The number of benzene rings is 2. The molecule has 2 aromatic carbocycles. The van der Waals surface area contributed by atoms with Crippen molar-refractivity contribution in [1.82, 2.24) is 9.97 Å². The number of carbonyl (C=O) groups is 2. The fourth-order valence-electron chi connectivity index (χ4n) is 4.86. The van der Waals surface area contributed by atoms with Gasteiger partial charge in [0.15, 0.2) is 0 Å². The second-order valence-electron chi connectivity index (χ2n) is 11.0. The van der Waals surface area contributed by atoms with Gasteiger partial charge in [-0.25, -0.2) is 9.97 Å². The van der Waals surface area contributed by atoms with Crippen LogP contribution in [0.3, 0.4) is 0 Å². The van der Waals surface area contributed by atoms with Crippen LogP contribution in [0.25, 0.3) is 21.8 Å². The summed E-state index contributed by atoms with van der Waals surface area (Å²) in [6.45, 7) is 3.83. The summed E-state index contributed by atoms with van der Waals surface area (Å²) in [6, 6.07) is 17.7. The van der Waals surface area contributed by atoms with Gasteiger partial charge in [-0.3, -0.25) is 9.59 Å². The summed E-state index contributed by atoms with van der Waals surface area (Å²) in [7, 11) is 0. The first-order chi connectivity index (χ1) is 24.7. The number of nitrogens with one attached hydrogen (secondary N) is 2. The number of thioether (sulfide) groups is 2. The minimum absolute atomic E-state index is 0.182. The molecule has 272 valence electrons. The van der Waals surface area contributed by atoms with E-state index >= 15 is 0 Å². The van der Waals surface area contributed by atoms with Gasteiger partial charge >= 0.3 is 12.4 Å². The lowest BCUT2D eigenvalue weighted by Crippen LogP contribution is -2.15. The van der Waals surface area contributed by atoms with Crippen LogP contribution in [-0.4, -0.2) is 33.3 Å². The molecule has 0 bridgehead atoms. The summed E-state index contributed by atoms with van der Waals surface area (Å²) in [5.74, 6) is 1.01. The number of anilines is 2. The highest BCUT2D eigenvalue weighted by molar-refractivity contribution is 7.99. The third-order valence-electron chi connectivity index (χ3n) is 7.16. The van der Waals surface area contributed by atoms with E-state index in [1.165, 1.54) is 58.3 Å². The Bertz CT molecular complexity index is 2000. The van der Waals surface area contributed by atoms with Crippen LogP contribution in [0.1, 0.15) is 34.7 Å². The zero-order valence-corrected chi connectivity index (χ0v) is 30.8. The lowest BCUT2D eigenvalue weighted by Gasteiger charge is -2.12. The van der Waals surface area contributed by atoms with Gasteiger partial charge in [0.2, 0.25) is 11.8 Å². The van der Waals surface area contributed by atoms with Gasteiger partial charge in [-0.1, -0.05) is 38.1 Å². The molecule has 0 saturated carbocycles. The van der Waals surface area contributed by atoms with Gasteiger partial charge in [-0.2, -0.15) is 26.3 Å². The summed E-state index contributed by atoms with van der Waals surface area (Å²) in [5.41, 5.74) is 0.0780. The molecule has 4 aromatic heterocycles. The molecule has 0 radical (unpaired) electrons. The SMILES string of the molecule is CCSc1nc2cc(C(F)(F)F)ccc2cc1NC(=O)Cc1cccs1.CCSc1nc2cc(C(F)(F)F)ccc2cc1NC(=O)Cc1cccs1. The Morgan fingerprint density at radius 1 is 0.635 bits per heavy atom. The number of carbonyl (C=O) groups excluding carboxylic acids is 2. The standard InChI is InChI=1S/2C18H15F3N2OS2/c2*1-2-25-17-15(22-16(24)10-13-4-3-7-26-13)8-11-5-6-12(18(19,20)21)9-14(11)23-17/h2*3-9H,2,10H2,1H3,(H,22,24). The van der Waals surface area contributed by atoms with Gasteiger partial charge in [0.05, 0.1) is 46.4 Å². The molecule has 0 unspecified atom stereocenters. The average molecular weight is 793 g/mol. The minimum atomic E-state index is -4.42. The molecule has 2 amide bonds. The first-order valence-electron chi connectivity index (χ1n) is 15.7. The van der Waals surface area contributed by atoms with E-state index in [1.807, 2.05) is 48.9 Å². The first kappa shape index (κ1) is 39.1. The molecule has 6 nitrogen and oxygen atoms in total. The lowest BCUT2D eigenvalue weighted by molar-refractivity contribution is -0.138. The van der Waals surface area contributed by atoms with E-state index in [4.69, 9.17) is 0 Å². The number of hydrogen-bond acceptors (Lipinski definition) is 8. The van der Waals surface area contributed by atoms with Crippen molar-refractivity contribution in [3.63, 3.8) is 0 Å². The van der Waals surface area contributed by atoms with Crippen LogP contribution in [0.2, 0.25) is 0 Å². The van der Waals surface area contributed by atoms with Crippen LogP contribution in [0, 0.1) is 0 Å². The van der Waals surface area contributed by atoms with Gasteiger partial charge in [0.1, 0.15) is 10.1 Å². The molecule has 4 heterocycles. The maximum atomic E-state index is 12.9. The highest BCUT2D eigenvalue weighted by atomic mass is 32.2. The van der Waals surface area contributed by atoms with Crippen LogP contribution >= 0.6 is 46.2 Å². The Balaban J connectivity index is 0.000000201.